The van der Waals surface area contributed by atoms with Gasteiger partial charge >= 0.3 is 0 Å². The van der Waals surface area contributed by atoms with Gasteiger partial charge in [0.15, 0.2) is 0 Å². The molecule has 0 heterocycles. The molecule has 100 valence electrons. The Morgan fingerprint density at radius 2 is 2.00 bits per heavy atom. The maximum absolute atomic E-state index is 5.95. The van der Waals surface area contributed by atoms with Crippen LogP contribution in [0.15, 0.2) is 30.3 Å². The maximum Gasteiger partial charge on any atom is 0.0278 e. The van der Waals surface area contributed by atoms with Crippen molar-refractivity contribution in [1.29, 1.82) is 0 Å². The van der Waals surface area contributed by atoms with E-state index in [1.54, 1.807) is 0 Å². The molecule has 2 nitrogen and oxygen atoms in total. The third kappa shape index (κ3) is 3.82. The predicted molar refractivity (Wildman–Crippen MR) is 77.5 cm³/mol. The lowest BCUT2D eigenvalue weighted by atomic mass is 9.93. The first-order chi connectivity index (χ1) is 8.63. The second-order valence-corrected chi connectivity index (χ2v) is 6.10. The summed E-state index contributed by atoms with van der Waals surface area (Å²) in [5.74, 6) is 1.79. The Hall–Kier alpha value is -0.860. The molecule has 2 heteroatoms. The van der Waals surface area contributed by atoms with Crippen LogP contribution in [0.25, 0.3) is 0 Å². The lowest BCUT2D eigenvalue weighted by molar-refractivity contribution is 0.332. The number of aryl methyl sites for hydroxylation is 1. The summed E-state index contributed by atoms with van der Waals surface area (Å²) >= 11 is 0. The molecule has 0 radical (unpaired) electrons. The topological polar surface area (TPSA) is 38.0 Å². The molecular formula is C16H26N2. The predicted octanol–water partition coefficient (Wildman–Crippen LogP) is 2.58. The van der Waals surface area contributed by atoms with Crippen LogP contribution in [-0.2, 0) is 6.42 Å². The molecule has 3 atom stereocenters. The number of rotatable bonds is 7. The number of nitrogens with two attached hydrogens (primary N) is 1. The van der Waals surface area contributed by atoms with Gasteiger partial charge in [0.2, 0.25) is 0 Å². The molecule has 0 saturated heterocycles. The van der Waals surface area contributed by atoms with E-state index in [-0.39, 0.29) is 5.54 Å². The molecule has 1 saturated carbocycles. The molecule has 3 unspecified atom stereocenters. The van der Waals surface area contributed by atoms with Crippen LogP contribution in [0.4, 0.5) is 0 Å². The summed E-state index contributed by atoms with van der Waals surface area (Å²) in [5, 5.41) is 3.68. The minimum Gasteiger partial charge on any atom is -0.329 e. The van der Waals surface area contributed by atoms with E-state index in [4.69, 9.17) is 5.73 Å². The van der Waals surface area contributed by atoms with Crippen LogP contribution in [-0.4, -0.2) is 18.6 Å². The Kier molecular flexibility index (Phi) is 4.41. The van der Waals surface area contributed by atoms with E-state index < -0.39 is 0 Å². The fraction of sp³-hybridized carbons (Fsp3) is 0.625. The quantitative estimate of drug-likeness (QED) is 0.776. The van der Waals surface area contributed by atoms with Crippen molar-refractivity contribution in [3.8, 4) is 0 Å². The number of hydrogen-bond acceptors (Lipinski definition) is 2. The van der Waals surface area contributed by atoms with Gasteiger partial charge in [-0.1, -0.05) is 37.3 Å². The van der Waals surface area contributed by atoms with E-state index in [1.165, 1.54) is 12.0 Å². The first-order valence-corrected chi connectivity index (χ1v) is 7.12. The van der Waals surface area contributed by atoms with Gasteiger partial charge in [0.1, 0.15) is 0 Å². The van der Waals surface area contributed by atoms with Crippen LogP contribution in [0.2, 0.25) is 0 Å². The molecule has 2 rings (SSSR count). The molecule has 1 aliphatic carbocycles. The molecule has 0 aromatic heterocycles. The summed E-state index contributed by atoms with van der Waals surface area (Å²) in [4.78, 5) is 0. The van der Waals surface area contributed by atoms with Crippen molar-refractivity contribution in [3.05, 3.63) is 35.9 Å². The second-order valence-electron chi connectivity index (χ2n) is 6.10. The Morgan fingerprint density at radius 3 is 2.56 bits per heavy atom. The molecule has 0 aliphatic heterocycles. The lowest BCUT2D eigenvalue weighted by Gasteiger charge is -2.30. The zero-order valence-electron chi connectivity index (χ0n) is 11.7. The number of nitrogens with one attached hydrogen (secondary N) is 1. The zero-order chi connectivity index (χ0) is 13.0. The van der Waals surface area contributed by atoms with Crippen LogP contribution in [0.3, 0.4) is 0 Å². The highest BCUT2D eigenvalue weighted by molar-refractivity contribution is 5.15. The molecule has 1 aromatic carbocycles. The van der Waals surface area contributed by atoms with E-state index in [1.807, 2.05) is 0 Å². The summed E-state index contributed by atoms with van der Waals surface area (Å²) in [6, 6.07) is 10.7. The van der Waals surface area contributed by atoms with E-state index in [0.29, 0.717) is 6.54 Å². The average Bonchev–Trinajstić information content (AvgIpc) is 3.11. The van der Waals surface area contributed by atoms with Gasteiger partial charge in [0.05, 0.1) is 0 Å². The van der Waals surface area contributed by atoms with Gasteiger partial charge in [-0.2, -0.15) is 0 Å². The highest BCUT2D eigenvalue weighted by atomic mass is 15.0. The molecule has 0 amide bonds. The number of hydrogen-bond donors (Lipinski definition) is 2. The standard InChI is InChI=1S/C16H26N2/c1-13-10-15(13)11-18-16(2,12-17)9-8-14-6-4-3-5-7-14/h3-7,13,15,18H,8-12,17H2,1-2H3. The summed E-state index contributed by atoms with van der Waals surface area (Å²) in [7, 11) is 0. The fourth-order valence-electron chi connectivity index (χ4n) is 2.39. The summed E-state index contributed by atoms with van der Waals surface area (Å²) in [5.41, 5.74) is 7.43. The Bertz CT molecular complexity index is 363. The molecular weight excluding hydrogens is 220 g/mol. The summed E-state index contributed by atoms with van der Waals surface area (Å²) < 4.78 is 0. The van der Waals surface area contributed by atoms with Crippen molar-refractivity contribution in [2.45, 2.75) is 38.6 Å². The largest absolute Gasteiger partial charge is 0.329 e. The highest BCUT2D eigenvalue weighted by Crippen LogP contribution is 2.37. The van der Waals surface area contributed by atoms with Crippen LogP contribution in [0, 0.1) is 11.8 Å². The minimum absolute atomic E-state index is 0.0815. The van der Waals surface area contributed by atoms with Crippen molar-refractivity contribution in [2.75, 3.05) is 13.1 Å². The summed E-state index contributed by atoms with van der Waals surface area (Å²) in [6.07, 6.45) is 3.59. The zero-order valence-corrected chi connectivity index (χ0v) is 11.7. The smallest absolute Gasteiger partial charge is 0.0278 e. The SMILES string of the molecule is CC1CC1CNC(C)(CN)CCc1ccccc1. The van der Waals surface area contributed by atoms with Gasteiger partial charge in [-0.3, -0.25) is 0 Å². The van der Waals surface area contributed by atoms with Gasteiger partial charge in [-0.25, -0.2) is 0 Å². The van der Waals surface area contributed by atoms with E-state index in [0.717, 1.165) is 31.2 Å². The van der Waals surface area contributed by atoms with Crippen molar-refractivity contribution in [3.63, 3.8) is 0 Å². The summed E-state index contributed by atoms with van der Waals surface area (Å²) in [6.45, 7) is 6.42. The van der Waals surface area contributed by atoms with E-state index >= 15 is 0 Å². The molecule has 1 fully saturated rings. The number of benzene rings is 1. The van der Waals surface area contributed by atoms with Gasteiger partial charge in [-0.05, 0) is 50.1 Å². The Labute approximate surface area is 111 Å². The third-order valence-corrected chi connectivity index (χ3v) is 4.33. The lowest BCUT2D eigenvalue weighted by Crippen LogP contribution is -2.49. The Morgan fingerprint density at radius 1 is 1.33 bits per heavy atom. The molecule has 18 heavy (non-hydrogen) atoms. The van der Waals surface area contributed by atoms with E-state index in [9.17, 15) is 0 Å². The Balaban J connectivity index is 1.79. The maximum atomic E-state index is 5.95. The average molecular weight is 246 g/mol. The third-order valence-electron chi connectivity index (χ3n) is 4.33. The van der Waals surface area contributed by atoms with Gasteiger partial charge < -0.3 is 11.1 Å². The molecule has 1 aliphatic rings. The molecule has 0 spiro atoms. The minimum atomic E-state index is 0.0815. The van der Waals surface area contributed by atoms with Gasteiger partial charge in [0.25, 0.3) is 0 Å². The molecule has 3 N–H and O–H groups in total. The van der Waals surface area contributed by atoms with Crippen LogP contribution < -0.4 is 11.1 Å². The van der Waals surface area contributed by atoms with Gasteiger partial charge in [0, 0.05) is 12.1 Å². The van der Waals surface area contributed by atoms with Crippen molar-refractivity contribution in [2.24, 2.45) is 17.6 Å². The molecule has 0 bridgehead atoms. The van der Waals surface area contributed by atoms with Crippen molar-refractivity contribution >= 4 is 0 Å². The second kappa shape index (κ2) is 5.85. The molecule has 1 aromatic rings. The van der Waals surface area contributed by atoms with Crippen LogP contribution in [0.5, 0.6) is 0 Å². The normalized spacial score (nSPS) is 25.7. The first kappa shape index (κ1) is 13.6. The fourth-order valence-corrected chi connectivity index (χ4v) is 2.39. The van der Waals surface area contributed by atoms with Crippen molar-refractivity contribution < 1.29 is 0 Å². The van der Waals surface area contributed by atoms with E-state index in [2.05, 4.69) is 49.5 Å². The first-order valence-electron chi connectivity index (χ1n) is 7.12. The van der Waals surface area contributed by atoms with Crippen LogP contribution in [0.1, 0.15) is 32.3 Å². The monoisotopic (exact) mass is 246 g/mol. The van der Waals surface area contributed by atoms with Crippen LogP contribution >= 0.6 is 0 Å². The highest BCUT2D eigenvalue weighted by Gasteiger charge is 2.34. The van der Waals surface area contributed by atoms with Crippen molar-refractivity contribution in [1.82, 2.24) is 5.32 Å². The van der Waals surface area contributed by atoms with Gasteiger partial charge in [-0.15, -0.1) is 0 Å².